The fraction of sp³-hybridized carbons (Fsp3) is 0.368. The summed E-state index contributed by atoms with van der Waals surface area (Å²) in [6, 6.07) is 5.87. The van der Waals surface area contributed by atoms with Crippen LogP contribution in [0.2, 0.25) is 10.0 Å². The molecule has 1 aliphatic rings. The van der Waals surface area contributed by atoms with Gasteiger partial charge >= 0.3 is 0 Å². The van der Waals surface area contributed by atoms with Crippen LogP contribution in [0.4, 0.5) is 5.95 Å². The van der Waals surface area contributed by atoms with E-state index in [0.29, 0.717) is 16.0 Å². The Balaban J connectivity index is 1.62. The van der Waals surface area contributed by atoms with Gasteiger partial charge in [-0.3, -0.25) is 4.40 Å². The lowest BCUT2D eigenvalue weighted by molar-refractivity contribution is 0.352. The van der Waals surface area contributed by atoms with Crippen LogP contribution >= 0.6 is 35.0 Å². The summed E-state index contributed by atoms with van der Waals surface area (Å²) in [5.74, 6) is 1.51. The number of aromatic nitrogens is 3. The molecule has 3 aromatic rings. The van der Waals surface area contributed by atoms with Crippen molar-refractivity contribution in [2.24, 2.45) is 11.7 Å². The summed E-state index contributed by atoms with van der Waals surface area (Å²) in [5, 5.41) is 1.10. The first-order valence-electron chi connectivity index (χ1n) is 8.99. The van der Waals surface area contributed by atoms with Gasteiger partial charge in [0.1, 0.15) is 0 Å². The number of hydrogen-bond acceptors (Lipinski definition) is 5. The molecule has 3 heterocycles. The van der Waals surface area contributed by atoms with E-state index >= 15 is 0 Å². The zero-order chi connectivity index (χ0) is 19.0. The molecule has 0 radical (unpaired) electrons. The van der Waals surface area contributed by atoms with E-state index in [1.54, 1.807) is 12.3 Å². The molecule has 1 aromatic carbocycles. The van der Waals surface area contributed by atoms with Gasteiger partial charge in [0.25, 0.3) is 0 Å². The lowest BCUT2D eigenvalue weighted by Gasteiger charge is -2.34. The fourth-order valence-electron chi connectivity index (χ4n) is 3.50. The summed E-state index contributed by atoms with van der Waals surface area (Å²) in [6.45, 7) is 4.01. The maximum Gasteiger partial charge on any atom is 0.211 e. The van der Waals surface area contributed by atoms with E-state index < -0.39 is 0 Å². The van der Waals surface area contributed by atoms with Gasteiger partial charge in [0.05, 0.1) is 14.9 Å². The van der Waals surface area contributed by atoms with Crippen molar-refractivity contribution >= 4 is 46.6 Å². The van der Waals surface area contributed by atoms with Crippen LogP contribution in [0, 0.1) is 5.92 Å². The molecule has 2 aromatic heterocycles. The number of rotatable bonds is 4. The van der Waals surface area contributed by atoms with Crippen molar-refractivity contribution in [1.29, 1.82) is 0 Å². The van der Waals surface area contributed by atoms with E-state index in [4.69, 9.17) is 33.9 Å². The third kappa shape index (κ3) is 3.76. The monoisotopic (exact) mass is 421 g/mol. The number of halogens is 2. The Hall–Kier alpha value is -1.47. The van der Waals surface area contributed by atoms with Crippen LogP contribution in [0.5, 0.6) is 0 Å². The van der Waals surface area contributed by atoms with E-state index in [1.165, 1.54) is 11.8 Å². The molecule has 0 saturated carbocycles. The van der Waals surface area contributed by atoms with Crippen molar-refractivity contribution in [3.8, 4) is 0 Å². The second-order valence-electron chi connectivity index (χ2n) is 6.88. The standard InChI is InChI=1S/C19H21Cl2N5S/c1-12(22)13-5-8-25(9-6-13)19-24-11-16(18-23-7-10-26(18)19)27-15-4-2-3-14(20)17(15)21/h2-4,7,10-13H,5-6,8-9,22H2,1H3. The van der Waals surface area contributed by atoms with Gasteiger partial charge in [-0.2, -0.15) is 0 Å². The van der Waals surface area contributed by atoms with Crippen LogP contribution < -0.4 is 10.6 Å². The number of nitrogens with two attached hydrogens (primary N) is 1. The fourth-order valence-corrected chi connectivity index (χ4v) is 4.90. The second kappa shape index (κ2) is 7.87. The van der Waals surface area contributed by atoms with Crippen LogP contribution in [0.15, 0.2) is 46.6 Å². The highest BCUT2D eigenvalue weighted by Gasteiger charge is 2.24. The highest BCUT2D eigenvalue weighted by molar-refractivity contribution is 7.99. The van der Waals surface area contributed by atoms with Gasteiger partial charge in [-0.05, 0) is 37.8 Å². The molecule has 1 unspecified atom stereocenters. The number of nitrogens with zero attached hydrogens (tertiary/aromatic N) is 4. The number of imidazole rings is 1. The minimum absolute atomic E-state index is 0.245. The normalized spacial score (nSPS) is 16.8. The second-order valence-corrected chi connectivity index (χ2v) is 8.75. The van der Waals surface area contributed by atoms with Crippen molar-refractivity contribution < 1.29 is 0 Å². The average Bonchev–Trinajstić information content (AvgIpc) is 3.16. The number of anilines is 1. The predicted molar refractivity (Wildman–Crippen MR) is 112 cm³/mol. The zero-order valence-corrected chi connectivity index (χ0v) is 17.3. The Bertz CT molecular complexity index is 950. The molecule has 1 aliphatic heterocycles. The number of benzene rings is 1. The molecule has 27 heavy (non-hydrogen) atoms. The molecule has 8 heteroatoms. The Labute approximate surface area is 172 Å². The molecule has 1 saturated heterocycles. The first-order valence-corrected chi connectivity index (χ1v) is 10.6. The molecule has 5 nitrogen and oxygen atoms in total. The minimum atomic E-state index is 0.245. The van der Waals surface area contributed by atoms with Crippen molar-refractivity contribution in [3.63, 3.8) is 0 Å². The van der Waals surface area contributed by atoms with E-state index in [2.05, 4.69) is 16.8 Å². The van der Waals surface area contributed by atoms with Crippen LogP contribution in [0.3, 0.4) is 0 Å². The highest BCUT2D eigenvalue weighted by Crippen LogP contribution is 2.38. The molecule has 4 rings (SSSR count). The maximum absolute atomic E-state index is 6.34. The van der Waals surface area contributed by atoms with Crippen LogP contribution in [0.1, 0.15) is 19.8 Å². The third-order valence-electron chi connectivity index (χ3n) is 5.08. The first-order chi connectivity index (χ1) is 13.0. The Morgan fingerprint density at radius 3 is 2.70 bits per heavy atom. The average molecular weight is 422 g/mol. The SMILES string of the molecule is CC(N)C1CCN(c2ncc(Sc3cccc(Cl)c3Cl)c3nccn23)CC1. The lowest BCUT2D eigenvalue weighted by atomic mass is 9.91. The molecule has 0 bridgehead atoms. The van der Waals surface area contributed by atoms with E-state index in [9.17, 15) is 0 Å². The number of hydrogen-bond donors (Lipinski definition) is 1. The van der Waals surface area contributed by atoms with Crippen molar-refractivity contribution in [3.05, 3.63) is 46.8 Å². The van der Waals surface area contributed by atoms with Crippen molar-refractivity contribution in [2.75, 3.05) is 18.0 Å². The molecule has 1 fully saturated rings. The van der Waals surface area contributed by atoms with Crippen LogP contribution in [-0.2, 0) is 0 Å². The summed E-state index contributed by atoms with van der Waals surface area (Å²) >= 11 is 14.0. The van der Waals surface area contributed by atoms with Gasteiger partial charge in [0, 0.05) is 42.6 Å². The van der Waals surface area contributed by atoms with Gasteiger partial charge in [-0.1, -0.05) is 41.0 Å². The molecule has 1 atom stereocenters. The van der Waals surface area contributed by atoms with Crippen molar-refractivity contribution in [1.82, 2.24) is 14.4 Å². The number of fused-ring (bicyclic) bond motifs is 1. The summed E-state index contributed by atoms with van der Waals surface area (Å²) in [6.07, 6.45) is 7.81. The third-order valence-corrected chi connectivity index (χ3v) is 7.07. The molecule has 0 spiro atoms. The molecular formula is C19H21Cl2N5S. The summed E-state index contributed by atoms with van der Waals surface area (Å²) in [4.78, 5) is 13.4. The quantitative estimate of drug-likeness (QED) is 0.658. The smallest absolute Gasteiger partial charge is 0.211 e. The minimum Gasteiger partial charge on any atom is -0.342 e. The predicted octanol–water partition coefficient (Wildman–Crippen LogP) is 4.75. The van der Waals surface area contributed by atoms with E-state index in [1.807, 2.05) is 28.9 Å². The van der Waals surface area contributed by atoms with Gasteiger partial charge in [-0.25, -0.2) is 9.97 Å². The summed E-state index contributed by atoms with van der Waals surface area (Å²) in [7, 11) is 0. The van der Waals surface area contributed by atoms with Gasteiger partial charge in [0.2, 0.25) is 5.95 Å². The Morgan fingerprint density at radius 2 is 1.96 bits per heavy atom. The molecule has 0 aliphatic carbocycles. The molecular weight excluding hydrogens is 401 g/mol. The lowest BCUT2D eigenvalue weighted by Crippen LogP contribution is -2.40. The Kier molecular flexibility index (Phi) is 5.50. The summed E-state index contributed by atoms with van der Waals surface area (Å²) in [5.41, 5.74) is 6.94. The van der Waals surface area contributed by atoms with E-state index in [-0.39, 0.29) is 6.04 Å². The van der Waals surface area contributed by atoms with Crippen molar-refractivity contribution in [2.45, 2.75) is 35.6 Å². The first kappa shape index (κ1) is 18.9. The largest absolute Gasteiger partial charge is 0.342 e. The van der Waals surface area contributed by atoms with Gasteiger partial charge in [0.15, 0.2) is 5.65 Å². The number of piperidine rings is 1. The van der Waals surface area contributed by atoms with Crippen LogP contribution in [0.25, 0.3) is 5.65 Å². The molecule has 142 valence electrons. The Morgan fingerprint density at radius 1 is 1.19 bits per heavy atom. The van der Waals surface area contributed by atoms with Crippen LogP contribution in [-0.4, -0.2) is 33.5 Å². The topological polar surface area (TPSA) is 59.5 Å². The highest BCUT2D eigenvalue weighted by atomic mass is 35.5. The van der Waals surface area contributed by atoms with Gasteiger partial charge < -0.3 is 10.6 Å². The van der Waals surface area contributed by atoms with Gasteiger partial charge in [-0.15, -0.1) is 0 Å². The maximum atomic E-state index is 6.34. The molecule has 0 amide bonds. The molecule has 2 N–H and O–H groups in total. The summed E-state index contributed by atoms with van der Waals surface area (Å²) < 4.78 is 2.05. The van der Waals surface area contributed by atoms with E-state index in [0.717, 1.165) is 47.3 Å². The zero-order valence-electron chi connectivity index (χ0n) is 15.0.